The van der Waals surface area contributed by atoms with Crippen LogP contribution in [-0.4, -0.2) is 72.4 Å². The number of hydrogen-bond acceptors (Lipinski definition) is 5. The number of Topliss-reactive ketones (excluding diaryl/α,β-unsaturated/α-hetero) is 2. The number of amides is 2. The Hall–Kier alpha value is -4.10. The lowest BCUT2D eigenvalue weighted by atomic mass is 9.68. The molecular weight excluding hydrogens is 478 g/mol. The van der Waals surface area contributed by atoms with Crippen molar-refractivity contribution >= 4 is 23.4 Å². The predicted octanol–water partition coefficient (Wildman–Crippen LogP) is 3.04. The molecule has 0 unspecified atom stereocenters. The maximum Gasteiger partial charge on any atom is 0.239 e. The van der Waals surface area contributed by atoms with Gasteiger partial charge in [-0.3, -0.25) is 24.1 Å². The molecule has 3 aromatic rings. The van der Waals surface area contributed by atoms with Gasteiger partial charge in [0.15, 0.2) is 11.6 Å². The van der Waals surface area contributed by atoms with E-state index < -0.39 is 11.8 Å². The number of likely N-dealkylation sites (tertiary alicyclic amines) is 1. The monoisotopic (exact) mass is 509 g/mol. The van der Waals surface area contributed by atoms with E-state index in [0.29, 0.717) is 37.3 Å². The molecule has 1 N–H and O–H groups in total. The minimum atomic E-state index is -0.524. The van der Waals surface area contributed by atoms with Gasteiger partial charge in [-0.1, -0.05) is 91.0 Å². The third-order valence-corrected chi connectivity index (χ3v) is 7.50. The molecule has 0 aliphatic carbocycles. The minimum Gasteiger partial charge on any atom is -0.353 e. The summed E-state index contributed by atoms with van der Waals surface area (Å²) in [6.07, 6.45) is 0. The van der Waals surface area contributed by atoms with Crippen molar-refractivity contribution in [2.75, 3.05) is 39.3 Å². The summed E-state index contributed by atoms with van der Waals surface area (Å²) in [5.41, 5.74) is 2.12. The second-order valence-corrected chi connectivity index (χ2v) is 9.97. The van der Waals surface area contributed by atoms with Crippen molar-refractivity contribution in [3.8, 4) is 0 Å². The Kier molecular flexibility index (Phi) is 7.75. The summed E-state index contributed by atoms with van der Waals surface area (Å²) in [6, 6.07) is 28.0. The zero-order valence-electron chi connectivity index (χ0n) is 21.2. The molecule has 0 bridgehead atoms. The molecule has 2 aliphatic rings. The first-order valence-electron chi connectivity index (χ1n) is 13.0. The highest BCUT2D eigenvalue weighted by atomic mass is 16.2. The highest BCUT2D eigenvalue weighted by Crippen LogP contribution is 2.40. The zero-order valence-corrected chi connectivity index (χ0v) is 21.2. The second kappa shape index (κ2) is 11.5. The molecule has 2 heterocycles. The van der Waals surface area contributed by atoms with Crippen molar-refractivity contribution in [1.29, 1.82) is 0 Å². The van der Waals surface area contributed by atoms with Crippen LogP contribution in [-0.2, 0) is 9.59 Å². The topological polar surface area (TPSA) is 86.8 Å². The van der Waals surface area contributed by atoms with Crippen LogP contribution in [0.2, 0.25) is 0 Å². The number of hydrogen-bond donors (Lipinski definition) is 1. The average Bonchev–Trinajstić information content (AvgIpc) is 2.97. The van der Waals surface area contributed by atoms with Gasteiger partial charge in [0.2, 0.25) is 11.8 Å². The van der Waals surface area contributed by atoms with Crippen LogP contribution in [0.5, 0.6) is 0 Å². The van der Waals surface area contributed by atoms with Crippen molar-refractivity contribution in [3.63, 3.8) is 0 Å². The Morgan fingerprint density at radius 1 is 0.737 bits per heavy atom. The highest BCUT2D eigenvalue weighted by Gasteiger charge is 2.45. The first kappa shape index (κ1) is 25.5. The number of rotatable bonds is 7. The van der Waals surface area contributed by atoms with Crippen LogP contribution in [0.25, 0.3) is 0 Å². The largest absolute Gasteiger partial charge is 0.353 e. The molecule has 194 valence electrons. The fourth-order valence-corrected chi connectivity index (χ4v) is 5.68. The van der Waals surface area contributed by atoms with Gasteiger partial charge in [0.25, 0.3) is 0 Å². The van der Waals surface area contributed by atoms with Gasteiger partial charge in [-0.05, 0) is 5.56 Å². The van der Waals surface area contributed by atoms with Gasteiger partial charge < -0.3 is 10.2 Å². The fraction of sp³-hybridized carbons (Fsp3) is 0.290. The van der Waals surface area contributed by atoms with Crippen molar-refractivity contribution in [1.82, 2.24) is 15.1 Å². The number of piperidine rings is 1. The van der Waals surface area contributed by atoms with Gasteiger partial charge in [0, 0.05) is 55.1 Å². The van der Waals surface area contributed by atoms with E-state index in [2.05, 4.69) is 5.32 Å². The Morgan fingerprint density at radius 3 is 1.74 bits per heavy atom. The maximum absolute atomic E-state index is 14.0. The van der Waals surface area contributed by atoms with Crippen LogP contribution in [0.4, 0.5) is 0 Å². The summed E-state index contributed by atoms with van der Waals surface area (Å²) in [4.78, 5) is 56.5. The Bertz CT molecular complexity index is 1230. The molecule has 5 rings (SSSR count). The van der Waals surface area contributed by atoms with E-state index in [1.807, 2.05) is 71.6 Å². The average molecular weight is 510 g/mol. The van der Waals surface area contributed by atoms with Crippen LogP contribution in [0.15, 0.2) is 91.0 Å². The molecule has 0 spiro atoms. The molecule has 2 amide bonds. The number of carbonyl (C=O) groups excluding carboxylic acids is 4. The summed E-state index contributed by atoms with van der Waals surface area (Å²) in [6.45, 7) is 1.63. The Labute approximate surface area is 222 Å². The summed E-state index contributed by atoms with van der Waals surface area (Å²) in [5.74, 6) is -1.83. The van der Waals surface area contributed by atoms with E-state index in [4.69, 9.17) is 0 Å². The maximum atomic E-state index is 14.0. The summed E-state index contributed by atoms with van der Waals surface area (Å²) < 4.78 is 0. The SMILES string of the molecule is O=C1CN(C(=O)CN2C[C@H](C(=O)c3ccccc3)C(c3ccccc3)[C@@H](C(=O)c3ccccc3)C2)CCN1. The predicted molar refractivity (Wildman–Crippen MR) is 144 cm³/mol. The van der Waals surface area contributed by atoms with Crippen LogP contribution in [0, 0.1) is 11.8 Å². The molecule has 2 fully saturated rings. The third kappa shape index (κ3) is 5.58. The third-order valence-electron chi connectivity index (χ3n) is 7.50. The van der Waals surface area contributed by atoms with Crippen LogP contribution >= 0.6 is 0 Å². The summed E-state index contributed by atoms with van der Waals surface area (Å²) in [5, 5.41) is 2.74. The number of carbonyl (C=O) groups is 4. The summed E-state index contributed by atoms with van der Waals surface area (Å²) >= 11 is 0. The smallest absolute Gasteiger partial charge is 0.239 e. The van der Waals surface area contributed by atoms with Crippen LogP contribution < -0.4 is 5.32 Å². The van der Waals surface area contributed by atoms with Crippen molar-refractivity contribution in [2.24, 2.45) is 11.8 Å². The second-order valence-electron chi connectivity index (χ2n) is 9.97. The van der Waals surface area contributed by atoms with E-state index in [9.17, 15) is 19.2 Å². The molecule has 2 atom stereocenters. The standard InChI is InChI=1S/C31H31N3O4/c35-27-20-34(17-16-32-27)28(36)21-33-18-25(30(37)23-12-6-2-7-13-23)29(22-10-4-1-5-11-22)26(19-33)31(38)24-14-8-3-9-15-24/h1-15,25-26,29H,16-21H2,(H,32,35)/t25-,26-/m0/s1. The molecule has 2 saturated heterocycles. The molecular formula is C31H31N3O4. The number of nitrogens with zero attached hydrogens (tertiary/aromatic N) is 2. The molecule has 7 heteroatoms. The van der Waals surface area contributed by atoms with Gasteiger partial charge in [-0.15, -0.1) is 0 Å². The van der Waals surface area contributed by atoms with E-state index >= 15 is 0 Å². The number of ketones is 2. The van der Waals surface area contributed by atoms with Crippen LogP contribution in [0.3, 0.4) is 0 Å². The molecule has 0 aromatic heterocycles. The lowest BCUT2D eigenvalue weighted by molar-refractivity contribution is -0.139. The number of piperazine rings is 1. The van der Waals surface area contributed by atoms with Gasteiger partial charge in [-0.25, -0.2) is 0 Å². The first-order chi connectivity index (χ1) is 18.5. The van der Waals surface area contributed by atoms with Crippen molar-refractivity contribution < 1.29 is 19.2 Å². The Morgan fingerprint density at radius 2 is 1.24 bits per heavy atom. The molecule has 0 saturated carbocycles. The highest BCUT2D eigenvalue weighted by molar-refractivity contribution is 6.02. The van der Waals surface area contributed by atoms with Gasteiger partial charge in [-0.2, -0.15) is 0 Å². The normalized spacial score (nSPS) is 20.5. The minimum absolute atomic E-state index is 0.0259. The van der Waals surface area contributed by atoms with Crippen molar-refractivity contribution in [3.05, 3.63) is 108 Å². The first-order valence-corrected chi connectivity index (χ1v) is 13.0. The quantitative estimate of drug-likeness (QED) is 0.495. The van der Waals surface area contributed by atoms with E-state index in [-0.39, 0.29) is 42.4 Å². The molecule has 38 heavy (non-hydrogen) atoms. The van der Waals surface area contributed by atoms with E-state index in [1.54, 1.807) is 29.2 Å². The molecule has 3 aromatic carbocycles. The van der Waals surface area contributed by atoms with Crippen LogP contribution in [0.1, 0.15) is 32.2 Å². The van der Waals surface area contributed by atoms with E-state index in [1.165, 1.54) is 0 Å². The van der Waals surface area contributed by atoms with Gasteiger partial charge >= 0.3 is 0 Å². The number of nitrogens with one attached hydrogen (secondary N) is 1. The molecule has 0 radical (unpaired) electrons. The van der Waals surface area contributed by atoms with Gasteiger partial charge in [0.05, 0.1) is 13.1 Å². The van der Waals surface area contributed by atoms with Gasteiger partial charge in [0.1, 0.15) is 0 Å². The zero-order chi connectivity index (χ0) is 26.5. The molecule has 7 nitrogen and oxygen atoms in total. The van der Waals surface area contributed by atoms with Crippen molar-refractivity contribution in [2.45, 2.75) is 5.92 Å². The Balaban J connectivity index is 1.51. The lowest BCUT2D eigenvalue weighted by Crippen LogP contribution is -2.55. The number of benzene rings is 3. The molecule has 2 aliphatic heterocycles. The fourth-order valence-electron chi connectivity index (χ4n) is 5.68. The van der Waals surface area contributed by atoms with E-state index in [0.717, 1.165) is 5.56 Å². The summed E-state index contributed by atoms with van der Waals surface area (Å²) in [7, 11) is 0. The lowest BCUT2D eigenvalue weighted by Gasteiger charge is -2.43.